The highest BCUT2D eigenvalue weighted by Crippen LogP contribution is 2.38. The molecule has 0 fully saturated rings. The van der Waals surface area contributed by atoms with Gasteiger partial charge in [0, 0.05) is 18.3 Å². The number of unbranched alkanes of at least 4 members (excludes halogenated alkanes) is 1. The molecule has 118 valence electrons. The number of halogens is 1. The number of methoxy groups -OCH3 is 3. The van der Waals surface area contributed by atoms with Gasteiger partial charge in [-0.1, -0.05) is 15.9 Å². The van der Waals surface area contributed by atoms with Gasteiger partial charge in [-0.15, -0.1) is 0 Å². The van der Waals surface area contributed by atoms with Crippen LogP contribution >= 0.6 is 15.9 Å². The lowest BCUT2D eigenvalue weighted by molar-refractivity contribution is -0.121. The number of alkyl halides is 1. The predicted molar refractivity (Wildman–Crippen MR) is 85.6 cm³/mol. The van der Waals surface area contributed by atoms with Crippen molar-refractivity contribution in [2.24, 2.45) is 0 Å². The number of hydrogen-bond donors (Lipinski definition) is 1. The summed E-state index contributed by atoms with van der Waals surface area (Å²) >= 11 is 3.35. The van der Waals surface area contributed by atoms with Crippen molar-refractivity contribution in [3.63, 3.8) is 0 Å². The normalized spacial score (nSPS) is 10.1. The standard InChI is InChI=1S/C15H22BrNO4/c1-19-12-8-11(9-13(20-2)15(12)21-3)10-17-14(18)6-4-5-7-16/h8-9H,4-7,10H2,1-3H3,(H,17,18). The molecule has 5 nitrogen and oxygen atoms in total. The summed E-state index contributed by atoms with van der Waals surface area (Å²) in [5, 5.41) is 3.82. The second kappa shape index (κ2) is 9.50. The van der Waals surface area contributed by atoms with Crippen LogP contribution in [0.4, 0.5) is 0 Å². The SMILES string of the molecule is COc1cc(CNC(=O)CCCCBr)cc(OC)c1OC. The van der Waals surface area contributed by atoms with E-state index in [0.717, 1.165) is 23.7 Å². The van der Waals surface area contributed by atoms with Gasteiger partial charge < -0.3 is 19.5 Å². The number of nitrogens with one attached hydrogen (secondary N) is 1. The van der Waals surface area contributed by atoms with Gasteiger partial charge in [-0.2, -0.15) is 0 Å². The van der Waals surface area contributed by atoms with Crippen molar-refractivity contribution in [1.82, 2.24) is 5.32 Å². The van der Waals surface area contributed by atoms with E-state index in [1.54, 1.807) is 21.3 Å². The summed E-state index contributed by atoms with van der Waals surface area (Å²) < 4.78 is 15.8. The number of rotatable bonds is 9. The molecule has 1 N–H and O–H groups in total. The molecule has 1 amide bonds. The van der Waals surface area contributed by atoms with Crippen LogP contribution in [0, 0.1) is 0 Å². The van der Waals surface area contributed by atoms with Gasteiger partial charge >= 0.3 is 0 Å². The average molecular weight is 360 g/mol. The van der Waals surface area contributed by atoms with E-state index in [9.17, 15) is 4.79 Å². The first-order valence-electron chi connectivity index (χ1n) is 6.77. The number of amides is 1. The van der Waals surface area contributed by atoms with Crippen molar-refractivity contribution in [2.45, 2.75) is 25.8 Å². The van der Waals surface area contributed by atoms with Crippen LogP contribution in [-0.4, -0.2) is 32.6 Å². The minimum absolute atomic E-state index is 0.0460. The molecule has 0 aliphatic heterocycles. The Labute approximate surface area is 134 Å². The minimum atomic E-state index is 0.0460. The van der Waals surface area contributed by atoms with E-state index >= 15 is 0 Å². The molecule has 0 aliphatic carbocycles. The monoisotopic (exact) mass is 359 g/mol. The molecule has 0 aliphatic rings. The zero-order valence-corrected chi connectivity index (χ0v) is 14.3. The minimum Gasteiger partial charge on any atom is -0.493 e. The molecule has 21 heavy (non-hydrogen) atoms. The van der Waals surface area contributed by atoms with Crippen molar-refractivity contribution < 1.29 is 19.0 Å². The van der Waals surface area contributed by atoms with E-state index in [-0.39, 0.29) is 5.91 Å². The number of ether oxygens (including phenoxy) is 3. The Morgan fingerprint density at radius 1 is 1.10 bits per heavy atom. The van der Waals surface area contributed by atoms with E-state index in [4.69, 9.17) is 14.2 Å². The lowest BCUT2D eigenvalue weighted by Crippen LogP contribution is -2.22. The van der Waals surface area contributed by atoms with E-state index in [2.05, 4.69) is 21.2 Å². The quantitative estimate of drug-likeness (QED) is 0.544. The first-order chi connectivity index (χ1) is 10.2. The molecule has 1 aromatic rings. The van der Waals surface area contributed by atoms with Crippen LogP contribution in [0.3, 0.4) is 0 Å². The van der Waals surface area contributed by atoms with Crippen molar-refractivity contribution in [3.05, 3.63) is 17.7 Å². The Hall–Kier alpha value is -1.43. The summed E-state index contributed by atoms with van der Waals surface area (Å²) in [5.41, 5.74) is 0.901. The maximum Gasteiger partial charge on any atom is 0.220 e. The molecule has 0 unspecified atom stereocenters. The third-order valence-electron chi connectivity index (χ3n) is 3.00. The molecule has 6 heteroatoms. The largest absolute Gasteiger partial charge is 0.493 e. The second-order valence-electron chi connectivity index (χ2n) is 4.46. The number of carbonyl (C=O) groups excluding carboxylic acids is 1. The fourth-order valence-electron chi connectivity index (χ4n) is 1.91. The first kappa shape index (κ1) is 17.6. The van der Waals surface area contributed by atoms with Crippen LogP contribution in [0.5, 0.6) is 17.2 Å². The van der Waals surface area contributed by atoms with Crippen molar-refractivity contribution in [1.29, 1.82) is 0 Å². The third kappa shape index (κ3) is 5.46. The molecular weight excluding hydrogens is 338 g/mol. The Morgan fingerprint density at radius 2 is 1.71 bits per heavy atom. The highest BCUT2D eigenvalue weighted by atomic mass is 79.9. The van der Waals surface area contributed by atoms with Crippen LogP contribution in [0.2, 0.25) is 0 Å². The lowest BCUT2D eigenvalue weighted by atomic mass is 10.1. The topological polar surface area (TPSA) is 56.8 Å². The van der Waals surface area contributed by atoms with Gasteiger partial charge in [0.2, 0.25) is 11.7 Å². The van der Waals surface area contributed by atoms with Gasteiger partial charge in [0.05, 0.1) is 21.3 Å². The highest BCUT2D eigenvalue weighted by molar-refractivity contribution is 9.09. The number of carbonyl (C=O) groups is 1. The molecular formula is C15H22BrNO4. The van der Waals surface area contributed by atoms with Gasteiger partial charge in [0.15, 0.2) is 11.5 Å². The Bertz CT molecular complexity index is 440. The smallest absolute Gasteiger partial charge is 0.220 e. The summed E-state index contributed by atoms with van der Waals surface area (Å²) in [6.45, 7) is 0.434. The second-order valence-corrected chi connectivity index (χ2v) is 5.25. The zero-order chi connectivity index (χ0) is 15.7. The fraction of sp³-hybridized carbons (Fsp3) is 0.533. The molecule has 0 saturated carbocycles. The van der Waals surface area contributed by atoms with E-state index < -0.39 is 0 Å². The van der Waals surface area contributed by atoms with Gasteiger partial charge in [0.25, 0.3) is 0 Å². The molecule has 0 spiro atoms. The number of hydrogen-bond acceptors (Lipinski definition) is 4. The average Bonchev–Trinajstić information content (AvgIpc) is 2.51. The summed E-state index contributed by atoms with van der Waals surface area (Å²) in [7, 11) is 4.70. The third-order valence-corrected chi connectivity index (χ3v) is 3.56. The molecule has 0 bridgehead atoms. The number of benzene rings is 1. The van der Waals surface area contributed by atoms with Crippen LogP contribution in [0.1, 0.15) is 24.8 Å². The molecule has 0 aromatic heterocycles. The van der Waals surface area contributed by atoms with Crippen LogP contribution < -0.4 is 19.5 Å². The summed E-state index contributed by atoms with van der Waals surface area (Å²) in [6, 6.07) is 3.67. The van der Waals surface area contributed by atoms with E-state index in [1.165, 1.54) is 0 Å². The van der Waals surface area contributed by atoms with Crippen molar-refractivity contribution in [2.75, 3.05) is 26.7 Å². The Kier molecular flexibility index (Phi) is 7.97. The molecule has 1 rings (SSSR count). The molecule has 0 atom stereocenters. The van der Waals surface area contributed by atoms with Crippen molar-refractivity contribution >= 4 is 21.8 Å². The zero-order valence-electron chi connectivity index (χ0n) is 12.7. The van der Waals surface area contributed by atoms with Crippen LogP contribution in [0.15, 0.2) is 12.1 Å². The summed E-state index contributed by atoms with van der Waals surface area (Å²) in [5.74, 6) is 1.76. The maximum atomic E-state index is 11.7. The summed E-state index contributed by atoms with van der Waals surface area (Å²) in [4.78, 5) is 11.7. The Morgan fingerprint density at radius 3 is 2.19 bits per heavy atom. The lowest BCUT2D eigenvalue weighted by Gasteiger charge is -2.14. The molecule has 0 saturated heterocycles. The predicted octanol–water partition coefficient (Wildman–Crippen LogP) is 2.89. The summed E-state index contributed by atoms with van der Waals surface area (Å²) in [6.07, 6.45) is 2.42. The van der Waals surface area contributed by atoms with Gasteiger partial charge in [0.1, 0.15) is 0 Å². The van der Waals surface area contributed by atoms with Gasteiger partial charge in [-0.3, -0.25) is 4.79 Å². The van der Waals surface area contributed by atoms with Gasteiger partial charge in [-0.05, 0) is 30.5 Å². The molecule has 0 radical (unpaired) electrons. The molecule has 0 heterocycles. The molecule has 1 aromatic carbocycles. The van der Waals surface area contributed by atoms with Crippen LogP contribution in [0.25, 0.3) is 0 Å². The van der Waals surface area contributed by atoms with Crippen molar-refractivity contribution in [3.8, 4) is 17.2 Å². The Balaban J connectivity index is 2.69. The van der Waals surface area contributed by atoms with Gasteiger partial charge in [-0.25, -0.2) is 0 Å². The van der Waals surface area contributed by atoms with E-state index in [1.807, 2.05) is 12.1 Å². The maximum absolute atomic E-state index is 11.7. The fourth-order valence-corrected chi connectivity index (χ4v) is 2.30. The van der Waals surface area contributed by atoms with E-state index in [0.29, 0.717) is 30.2 Å². The first-order valence-corrected chi connectivity index (χ1v) is 7.90. The highest BCUT2D eigenvalue weighted by Gasteiger charge is 2.13. The van der Waals surface area contributed by atoms with Crippen LogP contribution in [-0.2, 0) is 11.3 Å².